The van der Waals surface area contributed by atoms with Gasteiger partial charge >= 0.3 is 0 Å². The molecule has 0 spiro atoms. The van der Waals surface area contributed by atoms with Crippen LogP contribution in [0.25, 0.3) is 0 Å². The number of likely N-dealkylation sites (N-methyl/N-ethyl adjacent to an activating group) is 2. The summed E-state index contributed by atoms with van der Waals surface area (Å²) in [6.45, 7) is 8.18. The third-order valence-electron chi connectivity index (χ3n) is 4.44. The molecule has 0 radical (unpaired) electrons. The van der Waals surface area contributed by atoms with Crippen LogP contribution in [0.1, 0.15) is 40.0 Å². The monoisotopic (exact) mass is 340 g/mol. The largest absolute Gasteiger partial charge is 0.354 e. The number of nitrogens with one attached hydrogen (secondary N) is 2. The Labute approximate surface area is 147 Å². The molecule has 6 nitrogen and oxygen atoms in total. The summed E-state index contributed by atoms with van der Waals surface area (Å²) in [4.78, 5) is 27.8. The van der Waals surface area contributed by atoms with E-state index in [1.165, 1.54) is 0 Å². The first-order valence-electron chi connectivity index (χ1n) is 8.76. The van der Waals surface area contributed by atoms with Crippen LogP contribution in [-0.4, -0.2) is 75.5 Å². The Kier molecular flexibility index (Phi) is 7.23. The molecular weight excluding hydrogens is 304 g/mol. The van der Waals surface area contributed by atoms with Crippen molar-refractivity contribution >= 4 is 11.8 Å². The van der Waals surface area contributed by atoms with E-state index in [9.17, 15) is 9.59 Å². The number of hydrogen-bond acceptors (Lipinski definition) is 4. The highest BCUT2D eigenvalue weighted by Crippen LogP contribution is 2.45. The Balaban J connectivity index is 2.65. The van der Waals surface area contributed by atoms with E-state index in [1.807, 2.05) is 38.0 Å². The first-order valence-corrected chi connectivity index (χ1v) is 8.76. The van der Waals surface area contributed by atoms with Gasteiger partial charge in [-0.15, -0.1) is 0 Å². The lowest BCUT2D eigenvalue weighted by atomic mass is 9.62. The van der Waals surface area contributed by atoms with Crippen LogP contribution >= 0.6 is 0 Å². The van der Waals surface area contributed by atoms with Crippen molar-refractivity contribution in [2.75, 3.05) is 47.8 Å². The third-order valence-corrected chi connectivity index (χ3v) is 4.44. The normalized spacial score (nSPS) is 26.5. The zero-order valence-electron chi connectivity index (χ0n) is 16.5. The Bertz CT molecular complexity index is 448. The fourth-order valence-electron chi connectivity index (χ4n) is 4.09. The van der Waals surface area contributed by atoms with Gasteiger partial charge < -0.3 is 20.4 Å². The van der Waals surface area contributed by atoms with Crippen molar-refractivity contribution in [2.45, 2.75) is 46.1 Å². The highest BCUT2D eigenvalue weighted by Gasteiger charge is 2.41. The van der Waals surface area contributed by atoms with Crippen molar-refractivity contribution in [3.63, 3.8) is 0 Å². The van der Waals surface area contributed by atoms with Gasteiger partial charge in [-0.3, -0.25) is 9.59 Å². The minimum atomic E-state index is -0.000212. The highest BCUT2D eigenvalue weighted by molar-refractivity contribution is 5.78. The Hall–Kier alpha value is -1.14. The summed E-state index contributed by atoms with van der Waals surface area (Å²) in [6, 6.07) is 0.164. The lowest BCUT2D eigenvalue weighted by Gasteiger charge is -2.47. The molecule has 0 aromatic carbocycles. The molecule has 0 saturated heterocycles. The molecule has 6 heteroatoms. The molecule has 0 bridgehead atoms. The van der Waals surface area contributed by atoms with Crippen LogP contribution in [0, 0.1) is 10.8 Å². The van der Waals surface area contributed by atoms with Crippen molar-refractivity contribution in [2.24, 2.45) is 10.8 Å². The molecule has 1 aliphatic carbocycles. The Morgan fingerprint density at radius 1 is 0.958 bits per heavy atom. The van der Waals surface area contributed by atoms with Gasteiger partial charge in [-0.05, 0) is 58.3 Å². The van der Waals surface area contributed by atoms with Crippen LogP contribution in [0.5, 0.6) is 0 Å². The summed E-state index contributed by atoms with van der Waals surface area (Å²) in [5, 5.41) is 6.25. The van der Waals surface area contributed by atoms with Crippen LogP contribution in [0.2, 0.25) is 0 Å². The van der Waals surface area contributed by atoms with Crippen LogP contribution in [0.4, 0.5) is 0 Å². The van der Waals surface area contributed by atoms with E-state index in [4.69, 9.17) is 0 Å². The second-order valence-electron chi connectivity index (χ2n) is 9.08. The molecule has 2 atom stereocenters. The molecule has 2 amide bonds. The topological polar surface area (TPSA) is 64.7 Å². The molecule has 0 heterocycles. The van der Waals surface area contributed by atoms with Gasteiger partial charge in [0, 0.05) is 12.6 Å². The van der Waals surface area contributed by atoms with Gasteiger partial charge in [0.05, 0.1) is 13.1 Å². The fraction of sp³-hybridized carbons (Fsp3) is 0.889. The quantitative estimate of drug-likeness (QED) is 0.724. The predicted molar refractivity (Wildman–Crippen MR) is 97.8 cm³/mol. The summed E-state index contributed by atoms with van der Waals surface area (Å²) in [6.07, 6.45) is 2.92. The lowest BCUT2D eigenvalue weighted by molar-refractivity contribution is -0.124. The first kappa shape index (κ1) is 20.9. The van der Waals surface area contributed by atoms with Gasteiger partial charge in [0.2, 0.25) is 11.8 Å². The average molecular weight is 341 g/mol. The summed E-state index contributed by atoms with van der Waals surface area (Å²) in [5.74, 6) is 0.125. The van der Waals surface area contributed by atoms with E-state index in [-0.39, 0.29) is 28.7 Å². The second-order valence-corrected chi connectivity index (χ2v) is 9.08. The minimum absolute atomic E-state index is 0.000212. The molecule has 1 fully saturated rings. The van der Waals surface area contributed by atoms with E-state index >= 15 is 0 Å². The third kappa shape index (κ3) is 7.62. The van der Waals surface area contributed by atoms with Crippen molar-refractivity contribution in [3.8, 4) is 0 Å². The predicted octanol–water partition coefficient (Wildman–Crippen LogP) is 0.927. The first-order chi connectivity index (χ1) is 10.9. The van der Waals surface area contributed by atoms with Crippen molar-refractivity contribution < 1.29 is 9.59 Å². The zero-order chi connectivity index (χ0) is 18.5. The maximum atomic E-state index is 12.1. The van der Waals surface area contributed by atoms with Crippen molar-refractivity contribution in [1.82, 2.24) is 20.4 Å². The van der Waals surface area contributed by atoms with Gasteiger partial charge in [-0.25, -0.2) is 0 Å². The van der Waals surface area contributed by atoms with Crippen LogP contribution < -0.4 is 10.6 Å². The van der Waals surface area contributed by atoms with E-state index in [2.05, 4.69) is 31.4 Å². The molecule has 1 saturated carbocycles. The van der Waals surface area contributed by atoms with Gasteiger partial charge in [-0.1, -0.05) is 20.8 Å². The van der Waals surface area contributed by atoms with E-state index in [0.29, 0.717) is 19.6 Å². The molecular formula is C18H36N4O2. The summed E-state index contributed by atoms with van der Waals surface area (Å²) in [5.41, 5.74) is 0.148. The van der Waals surface area contributed by atoms with Crippen LogP contribution in [-0.2, 0) is 9.59 Å². The van der Waals surface area contributed by atoms with E-state index < -0.39 is 0 Å². The molecule has 0 aromatic heterocycles. The maximum absolute atomic E-state index is 12.1. The van der Waals surface area contributed by atoms with Crippen molar-refractivity contribution in [1.29, 1.82) is 0 Å². The summed E-state index contributed by atoms with van der Waals surface area (Å²) in [7, 11) is 7.58. The molecule has 2 unspecified atom stereocenters. The zero-order valence-corrected chi connectivity index (χ0v) is 16.5. The molecule has 24 heavy (non-hydrogen) atoms. The number of amides is 2. The number of carbonyl (C=O) groups is 2. The summed E-state index contributed by atoms with van der Waals surface area (Å²) >= 11 is 0. The smallest absolute Gasteiger partial charge is 0.234 e. The molecule has 1 aliphatic rings. The highest BCUT2D eigenvalue weighted by atomic mass is 16.2. The van der Waals surface area contributed by atoms with Crippen LogP contribution in [0.3, 0.4) is 0 Å². The van der Waals surface area contributed by atoms with Gasteiger partial charge in [-0.2, -0.15) is 0 Å². The van der Waals surface area contributed by atoms with Gasteiger partial charge in [0.25, 0.3) is 0 Å². The Morgan fingerprint density at radius 3 is 2.04 bits per heavy atom. The average Bonchev–Trinajstić information content (AvgIpc) is 2.31. The maximum Gasteiger partial charge on any atom is 0.234 e. The second kappa shape index (κ2) is 8.30. The van der Waals surface area contributed by atoms with Crippen molar-refractivity contribution in [3.05, 3.63) is 0 Å². The lowest BCUT2D eigenvalue weighted by Crippen LogP contribution is -2.52. The summed E-state index contributed by atoms with van der Waals surface area (Å²) < 4.78 is 0. The molecule has 1 rings (SSSR count). The van der Waals surface area contributed by atoms with Crippen LogP contribution in [0.15, 0.2) is 0 Å². The molecule has 0 aliphatic heterocycles. The van der Waals surface area contributed by atoms with Gasteiger partial charge in [0.1, 0.15) is 0 Å². The standard InChI is InChI=1S/C18H36N4O2/c1-17(2)8-14(20-16(24)11-22(6)7)9-18(3,12-17)13-19-15(23)10-21(4)5/h14H,8-13H2,1-7H3,(H,19,23)(H,20,24). The van der Waals surface area contributed by atoms with E-state index in [0.717, 1.165) is 19.3 Å². The SMILES string of the molecule is CN(C)CC(=O)NCC1(C)CC(NC(=O)CN(C)C)CC(C)(C)C1. The molecule has 2 N–H and O–H groups in total. The molecule has 140 valence electrons. The number of rotatable bonds is 7. The number of nitrogens with zero attached hydrogens (tertiary/aromatic N) is 2. The minimum Gasteiger partial charge on any atom is -0.354 e. The molecule has 0 aromatic rings. The number of hydrogen-bond donors (Lipinski definition) is 2. The number of carbonyl (C=O) groups excluding carboxylic acids is 2. The fourth-order valence-corrected chi connectivity index (χ4v) is 4.09. The van der Waals surface area contributed by atoms with E-state index in [1.54, 1.807) is 0 Å². The van der Waals surface area contributed by atoms with Gasteiger partial charge in [0.15, 0.2) is 0 Å². The Morgan fingerprint density at radius 2 is 1.50 bits per heavy atom.